The lowest BCUT2D eigenvalue weighted by Crippen LogP contribution is -2.43. The van der Waals surface area contributed by atoms with E-state index in [-0.39, 0.29) is 6.61 Å². The summed E-state index contributed by atoms with van der Waals surface area (Å²) in [5.74, 6) is -0.494. The topological polar surface area (TPSA) is 64.6 Å². The molecule has 1 aromatic carbocycles. The van der Waals surface area contributed by atoms with Crippen molar-refractivity contribution in [3.8, 4) is 0 Å². The van der Waals surface area contributed by atoms with E-state index in [1.54, 1.807) is 6.92 Å². The maximum atomic E-state index is 11.6. The number of hydrogen-bond acceptors (Lipinski definition) is 4. The number of benzene rings is 1. The molecule has 5 nitrogen and oxygen atoms in total. The molecule has 0 fully saturated rings. The monoisotopic (exact) mass is 377 g/mol. The molecule has 0 radical (unpaired) electrons. The summed E-state index contributed by atoms with van der Waals surface area (Å²) in [6.07, 6.45) is -0.258. The van der Waals surface area contributed by atoms with Crippen molar-refractivity contribution in [2.24, 2.45) is 0 Å². The first kappa shape index (κ1) is 15.7. The Bertz CT molecular complexity index is 433. The van der Waals surface area contributed by atoms with Crippen LogP contribution >= 0.6 is 22.6 Å². The molecule has 1 rings (SSSR count). The van der Waals surface area contributed by atoms with Gasteiger partial charge in [-0.25, -0.2) is 9.59 Å². The van der Waals surface area contributed by atoms with Crippen LogP contribution in [0.1, 0.15) is 12.5 Å². The molecule has 1 amide bonds. The molecular weight excluding hydrogens is 361 g/mol. The molecule has 0 aliphatic rings. The van der Waals surface area contributed by atoms with E-state index in [9.17, 15) is 9.59 Å². The van der Waals surface area contributed by atoms with E-state index in [1.807, 2.05) is 24.3 Å². The number of nitrogens with one attached hydrogen (secondary N) is 1. The first-order valence-electron chi connectivity index (χ1n) is 5.82. The fraction of sp³-hybridized carbons (Fsp3) is 0.385. The van der Waals surface area contributed by atoms with Gasteiger partial charge in [-0.05, 0) is 47.2 Å². The van der Waals surface area contributed by atoms with Gasteiger partial charge in [0.25, 0.3) is 0 Å². The molecule has 0 aliphatic carbocycles. The van der Waals surface area contributed by atoms with Crippen LogP contribution in [0.4, 0.5) is 4.79 Å². The number of methoxy groups -OCH3 is 1. The van der Waals surface area contributed by atoms with Gasteiger partial charge in [0.1, 0.15) is 6.04 Å². The van der Waals surface area contributed by atoms with Crippen LogP contribution < -0.4 is 5.32 Å². The Labute approximate surface area is 125 Å². The molecule has 1 N–H and O–H groups in total. The molecule has 0 heterocycles. The second kappa shape index (κ2) is 7.98. The van der Waals surface area contributed by atoms with Crippen LogP contribution in [0.5, 0.6) is 0 Å². The Morgan fingerprint density at radius 3 is 2.47 bits per heavy atom. The first-order chi connectivity index (χ1) is 9.06. The number of rotatable bonds is 5. The van der Waals surface area contributed by atoms with Gasteiger partial charge >= 0.3 is 12.1 Å². The number of amides is 1. The van der Waals surface area contributed by atoms with Gasteiger partial charge in [0.2, 0.25) is 0 Å². The third-order valence-corrected chi connectivity index (χ3v) is 3.13. The second-order valence-corrected chi connectivity index (χ2v) is 5.02. The van der Waals surface area contributed by atoms with E-state index in [0.29, 0.717) is 6.42 Å². The van der Waals surface area contributed by atoms with E-state index < -0.39 is 18.1 Å². The fourth-order valence-electron chi connectivity index (χ4n) is 1.51. The largest absolute Gasteiger partial charge is 0.467 e. The van der Waals surface area contributed by atoms with Crippen LogP contribution in [0.2, 0.25) is 0 Å². The van der Waals surface area contributed by atoms with Crippen LogP contribution in [0.25, 0.3) is 0 Å². The smallest absolute Gasteiger partial charge is 0.407 e. The number of alkyl carbamates (subject to hydrolysis) is 1. The fourth-order valence-corrected chi connectivity index (χ4v) is 1.87. The van der Waals surface area contributed by atoms with Crippen molar-refractivity contribution in [2.75, 3.05) is 13.7 Å². The summed E-state index contributed by atoms with van der Waals surface area (Å²) in [6.45, 7) is 1.95. The molecular formula is C13H16INO4. The number of ether oxygens (including phenoxy) is 2. The van der Waals surface area contributed by atoms with Crippen molar-refractivity contribution in [1.29, 1.82) is 0 Å². The Morgan fingerprint density at radius 1 is 1.32 bits per heavy atom. The summed E-state index contributed by atoms with van der Waals surface area (Å²) >= 11 is 2.20. The molecule has 1 aromatic rings. The number of carbonyl (C=O) groups excluding carboxylic acids is 2. The van der Waals surface area contributed by atoms with Crippen molar-refractivity contribution in [3.05, 3.63) is 33.4 Å². The summed E-state index contributed by atoms with van der Waals surface area (Å²) < 4.78 is 10.5. The average Bonchev–Trinajstić information content (AvgIpc) is 2.40. The van der Waals surface area contributed by atoms with Crippen LogP contribution in [0, 0.1) is 3.57 Å². The lowest BCUT2D eigenvalue weighted by atomic mass is 10.1. The van der Waals surface area contributed by atoms with Crippen LogP contribution in [0.3, 0.4) is 0 Å². The first-order valence-corrected chi connectivity index (χ1v) is 6.90. The summed E-state index contributed by atoms with van der Waals surface area (Å²) in [6, 6.07) is 6.95. The van der Waals surface area contributed by atoms with Crippen LogP contribution in [-0.2, 0) is 20.7 Å². The van der Waals surface area contributed by atoms with Gasteiger partial charge in [-0.1, -0.05) is 12.1 Å². The van der Waals surface area contributed by atoms with Gasteiger partial charge in [-0.15, -0.1) is 0 Å². The molecule has 6 heteroatoms. The van der Waals surface area contributed by atoms with Gasteiger partial charge in [0, 0.05) is 9.99 Å². The summed E-state index contributed by atoms with van der Waals surface area (Å²) in [4.78, 5) is 23.0. The Morgan fingerprint density at radius 2 is 1.95 bits per heavy atom. The van der Waals surface area contributed by atoms with Gasteiger partial charge in [-0.3, -0.25) is 0 Å². The highest BCUT2D eigenvalue weighted by atomic mass is 127. The molecule has 0 saturated heterocycles. The van der Waals surface area contributed by atoms with E-state index in [0.717, 1.165) is 9.13 Å². The number of hydrogen-bond donors (Lipinski definition) is 1. The summed E-state index contributed by atoms with van der Waals surface area (Å²) in [5.41, 5.74) is 0.938. The molecule has 104 valence electrons. The number of carbonyl (C=O) groups is 2. The third kappa shape index (κ3) is 5.46. The maximum absolute atomic E-state index is 11.6. The molecule has 1 atom stereocenters. The van der Waals surface area contributed by atoms with Gasteiger partial charge in [0.15, 0.2) is 0 Å². The van der Waals surface area contributed by atoms with Crippen LogP contribution in [-0.4, -0.2) is 31.8 Å². The van der Waals surface area contributed by atoms with Gasteiger partial charge in [-0.2, -0.15) is 0 Å². The Hall–Kier alpha value is -1.31. The zero-order valence-corrected chi connectivity index (χ0v) is 13.0. The highest BCUT2D eigenvalue weighted by Crippen LogP contribution is 2.09. The highest BCUT2D eigenvalue weighted by Gasteiger charge is 2.22. The molecule has 0 unspecified atom stereocenters. The average molecular weight is 377 g/mol. The molecule has 0 bridgehead atoms. The van der Waals surface area contributed by atoms with Crippen LogP contribution in [0.15, 0.2) is 24.3 Å². The Kier molecular flexibility index (Phi) is 6.61. The Balaban J connectivity index is 2.71. The van der Waals surface area contributed by atoms with E-state index in [1.165, 1.54) is 7.11 Å². The lowest BCUT2D eigenvalue weighted by molar-refractivity contribution is -0.142. The molecule has 19 heavy (non-hydrogen) atoms. The molecule has 0 spiro atoms. The zero-order valence-electron chi connectivity index (χ0n) is 10.8. The summed E-state index contributed by atoms with van der Waals surface area (Å²) in [5, 5.41) is 2.49. The molecule has 0 saturated carbocycles. The predicted molar refractivity (Wildman–Crippen MR) is 78.8 cm³/mol. The van der Waals surface area contributed by atoms with Crippen molar-refractivity contribution in [2.45, 2.75) is 19.4 Å². The second-order valence-electron chi connectivity index (χ2n) is 3.77. The lowest BCUT2D eigenvalue weighted by Gasteiger charge is -2.16. The van der Waals surface area contributed by atoms with Crippen molar-refractivity contribution in [1.82, 2.24) is 5.32 Å². The highest BCUT2D eigenvalue weighted by molar-refractivity contribution is 14.1. The van der Waals surface area contributed by atoms with Crippen molar-refractivity contribution < 1.29 is 19.1 Å². The van der Waals surface area contributed by atoms with E-state index >= 15 is 0 Å². The zero-order chi connectivity index (χ0) is 14.3. The SMILES string of the molecule is CCOC(=O)N[C@@H](Cc1ccc(I)cc1)C(=O)OC. The van der Waals surface area contributed by atoms with E-state index in [2.05, 4.69) is 32.6 Å². The van der Waals surface area contributed by atoms with Crippen molar-refractivity contribution in [3.63, 3.8) is 0 Å². The van der Waals surface area contributed by atoms with Gasteiger partial charge in [0.05, 0.1) is 13.7 Å². The standard InChI is InChI=1S/C13H16INO4/c1-3-19-13(17)15-11(12(16)18-2)8-9-4-6-10(14)7-5-9/h4-7,11H,3,8H2,1-2H3,(H,15,17)/t11-/m0/s1. The minimum absolute atomic E-state index is 0.253. The number of halogens is 1. The van der Waals surface area contributed by atoms with E-state index in [4.69, 9.17) is 4.74 Å². The van der Waals surface area contributed by atoms with Gasteiger partial charge < -0.3 is 14.8 Å². The predicted octanol–water partition coefficient (Wildman–Crippen LogP) is 2.12. The van der Waals surface area contributed by atoms with Crippen molar-refractivity contribution >= 4 is 34.7 Å². The molecule has 0 aromatic heterocycles. The normalized spacial score (nSPS) is 11.5. The maximum Gasteiger partial charge on any atom is 0.407 e. The number of esters is 1. The molecule has 0 aliphatic heterocycles. The minimum Gasteiger partial charge on any atom is -0.467 e. The quantitative estimate of drug-likeness (QED) is 0.631. The third-order valence-electron chi connectivity index (χ3n) is 2.41. The summed E-state index contributed by atoms with van der Waals surface area (Å²) in [7, 11) is 1.29. The minimum atomic E-state index is -0.746.